The van der Waals surface area contributed by atoms with Crippen molar-refractivity contribution in [3.63, 3.8) is 0 Å². The van der Waals surface area contributed by atoms with Crippen molar-refractivity contribution in [2.75, 3.05) is 12.1 Å². The van der Waals surface area contributed by atoms with E-state index < -0.39 is 0 Å². The molecule has 1 amide bonds. The Kier molecular flexibility index (Phi) is 4.76. The number of aromatic nitrogens is 2. The number of hydrogen-bond donors (Lipinski definition) is 2. The van der Waals surface area contributed by atoms with E-state index in [-0.39, 0.29) is 18.4 Å². The summed E-state index contributed by atoms with van der Waals surface area (Å²) in [4.78, 5) is 20.6. The molecule has 2 aromatic carbocycles. The van der Waals surface area contributed by atoms with Crippen molar-refractivity contribution in [3.05, 3.63) is 71.1 Å². The molecule has 0 atom stereocenters. The standard InChI is InChI=1S/C19H15ClN4O3/c20-14-4-2-1-3-12(14)9-21-19(25)15-8-18(23-10-22-15)24-13-5-6-16-17(7-13)27-11-26-16/h1-8,10H,9,11H2,(H,21,25)(H,22,23,24). The van der Waals surface area contributed by atoms with Gasteiger partial charge in [0.1, 0.15) is 17.8 Å². The predicted molar refractivity (Wildman–Crippen MR) is 101 cm³/mol. The van der Waals surface area contributed by atoms with Crippen LogP contribution in [-0.4, -0.2) is 22.7 Å². The highest BCUT2D eigenvalue weighted by molar-refractivity contribution is 6.31. The zero-order valence-corrected chi connectivity index (χ0v) is 14.9. The molecule has 0 saturated carbocycles. The Morgan fingerprint density at radius 3 is 2.81 bits per heavy atom. The lowest BCUT2D eigenvalue weighted by molar-refractivity contribution is 0.0946. The molecule has 0 spiro atoms. The summed E-state index contributed by atoms with van der Waals surface area (Å²) in [6.07, 6.45) is 1.33. The van der Waals surface area contributed by atoms with Gasteiger partial charge in [0.2, 0.25) is 6.79 Å². The SMILES string of the molecule is O=C(NCc1ccccc1Cl)c1cc(Nc2ccc3c(c2)OCO3)ncn1. The van der Waals surface area contributed by atoms with Crippen LogP contribution >= 0.6 is 11.6 Å². The number of benzene rings is 2. The highest BCUT2D eigenvalue weighted by Crippen LogP contribution is 2.34. The molecule has 0 saturated heterocycles. The molecule has 136 valence electrons. The number of halogens is 1. The maximum atomic E-state index is 12.4. The number of amides is 1. The highest BCUT2D eigenvalue weighted by atomic mass is 35.5. The van der Waals surface area contributed by atoms with Gasteiger partial charge >= 0.3 is 0 Å². The second-order valence-electron chi connectivity index (χ2n) is 5.76. The zero-order valence-electron chi connectivity index (χ0n) is 14.1. The van der Waals surface area contributed by atoms with Gasteiger partial charge in [-0.3, -0.25) is 4.79 Å². The molecule has 0 bridgehead atoms. The van der Waals surface area contributed by atoms with Crippen LogP contribution in [0.5, 0.6) is 11.5 Å². The molecule has 2 N–H and O–H groups in total. The van der Waals surface area contributed by atoms with Crippen LogP contribution in [0.25, 0.3) is 0 Å². The Bertz CT molecular complexity index is 996. The van der Waals surface area contributed by atoms with Gasteiger partial charge in [-0.15, -0.1) is 0 Å². The Balaban J connectivity index is 1.44. The number of carbonyl (C=O) groups excluding carboxylic acids is 1. The number of anilines is 2. The van der Waals surface area contributed by atoms with Crippen LogP contribution in [0.3, 0.4) is 0 Å². The second-order valence-corrected chi connectivity index (χ2v) is 6.16. The summed E-state index contributed by atoms with van der Waals surface area (Å²) in [6, 6.07) is 14.4. The minimum atomic E-state index is -0.314. The number of rotatable bonds is 5. The molecular formula is C19H15ClN4O3. The summed E-state index contributed by atoms with van der Waals surface area (Å²) >= 11 is 6.10. The van der Waals surface area contributed by atoms with Crippen molar-refractivity contribution in [2.45, 2.75) is 6.54 Å². The Morgan fingerprint density at radius 2 is 1.93 bits per heavy atom. The average Bonchev–Trinajstić information content (AvgIpc) is 3.15. The zero-order chi connectivity index (χ0) is 18.6. The van der Waals surface area contributed by atoms with Crippen LogP contribution < -0.4 is 20.1 Å². The molecule has 27 heavy (non-hydrogen) atoms. The number of nitrogens with zero attached hydrogens (tertiary/aromatic N) is 2. The average molecular weight is 383 g/mol. The summed E-state index contributed by atoms with van der Waals surface area (Å²) in [5.74, 6) is 1.53. The molecule has 4 rings (SSSR count). The number of ether oxygens (including phenoxy) is 2. The van der Waals surface area contributed by atoms with Crippen LogP contribution in [0.2, 0.25) is 5.02 Å². The van der Waals surface area contributed by atoms with Gasteiger partial charge in [-0.1, -0.05) is 29.8 Å². The third-order valence-corrected chi connectivity index (χ3v) is 4.31. The van der Waals surface area contributed by atoms with Crippen LogP contribution in [0.1, 0.15) is 16.1 Å². The molecule has 0 fully saturated rings. The van der Waals surface area contributed by atoms with Crippen molar-refractivity contribution in [2.24, 2.45) is 0 Å². The Hall–Kier alpha value is -3.32. The lowest BCUT2D eigenvalue weighted by Crippen LogP contribution is -2.24. The van der Waals surface area contributed by atoms with E-state index in [0.29, 0.717) is 28.9 Å². The minimum absolute atomic E-state index is 0.210. The van der Waals surface area contributed by atoms with Gasteiger partial charge in [0, 0.05) is 29.4 Å². The monoisotopic (exact) mass is 382 g/mol. The minimum Gasteiger partial charge on any atom is -0.454 e. The fourth-order valence-electron chi connectivity index (χ4n) is 2.58. The van der Waals surface area contributed by atoms with Crippen LogP contribution in [0.15, 0.2) is 54.9 Å². The maximum Gasteiger partial charge on any atom is 0.270 e. The van der Waals surface area contributed by atoms with Gasteiger partial charge in [-0.2, -0.15) is 0 Å². The summed E-state index contributed by atoms with van der Waals surface area (Å²) in [6.45, 7) is 0.523. The van der Waals surface area contributed by atoms with E-state index in [2.05, 4.69) is 20.6 Å². The first-order valence-corrected chi connectivity index (χ1v) is 8.57. The second kappa shape index (κ2) is 7.51. The quantitative estimate of drug-likeness (QED) is 0.702. The Labute approximate surface area is 160 Å². The first kappa shape index (κ1) is 17.1. The van der Waals surface area contributed by atoms with Crippen molar-refractivity contribution in [1.82, 2.24) is 15.3 Å². The van der Waals surface area contributed by atoms with Crippen LogP contribution in [0, 0.1) is 0 Å². The van der Waals surface area contributed by atoms with Crippen LogP contribution in [-0.2, 0) is 6.54 Å². The number of nitrogens with one attached hydrogen (secondary N) is 2. The van der Waals surface area contributed by atoms with E-state index in [1.54, 1.807) is 12.1 Å². The normalized spacial score (nSPS) is 11.9. The maximum absolute atomic E-state index is 12.4. The van der Waals surface area contributed by atoms with Crippen molar-refractivity contribution < 1.29 is 14.3 Å². The third-order valence-electron chi connectivity index (χ3n) is 3.94. The summed E-state index contributed by atoms with van der Waals surface area (Å²) in [7, 11) is 0. The van der Waals surface area contributed by atoms with Gasteiger partial charge in [-0.25, -0.2) is 9.97 Å². The summed E-state index contributed by atoms with van der Waals surface area (Å²) < 4.78 is 10.6. The lowest BCUT2D eigenvalue weighted by Gasteiger charge is -2.09. The topological polar surface area (TPSA) is 85.4 Å². The van der Waals surface area contributed by atoms with Gasteiger partial charge in [0.15, 0.2) is 11.5 Å². The first-order chi connectivity index (χ1) is 13.2. The first-order valence-electron chi connectivity index (χ1n) is 8.19. The van der Waals surface area contributed by atoms with E-state index in [1.165, 1.54) is 6.33 Å². The molecule has 1 aromatic heterocycles. The third kappa shape index (κ3) is 3.93. The predicted octanol–water partition coefficient (Wildman–Crippen LogP) is 3.53. The molecule has 0 aliphatic carbocycles. The van der Waals surface area contributed by atoms with Gasteiger partial charge in [-0.05, 0) is 23.8 Å². The Morgan fingerprint density at radius 1 is 1.07 bits per heavy atom. The van der Waals surface area contributed by atoms with Gasteiger partial charge < -0.3 is 20.1 Å². The smallest absolute Gasteiger partial charge is 0.270 e. The van der Waals surface area contributed by atoms with E-state index in [9.17, 15) is 4.79 Å². The van der Waals surface area contributed by atoms with E-state index in [1.807, 2.05) is 36.4 Å². The molecule has 0 unspecified atom stereocenters. The number of fused-ring (bicyclic) bond motifs is 1. The molecule has 8 heteroatoms. The molecular weight excluding hydrogens is 368 g/mol. The lowest BCUT2D eigenvalue weighted by atomic mass is 10.2. The van der Waals surface area contributed by atoms with E-state index in [0.717, 1.165) is 11.3 Å². The molecule has 1 aliphatic rings. The van der Waals surface area contributed by atoms with Crippen LogP contribution in [0.4, 0.5) is 11.5 Å². The molecule has 1 aliphatic heterocycles. The highest BCUT2D eigenvalue weighted by Gasteiger charge is 2.14. The number of carbonyl (C=O) groups is 1. The van der Waals surface area contributed by atoms with E-state index in [4.69, 9.17) is 21.1 Å². The van der Waals surface area contributed by atoms with Gasteiger partial charge in [0.05, 0.1) is 0 Å². The van der Waals surface area contributed by atoms with E-state index >= 15 is 0 Å². The summed E-state index contributed by atoms with van der Waals surface area (Å²) in [5.41, 5.74) is 1.85. The fraction of sp³-hybridized carbons (Fsp3) is 0.105. The molecule has 7 nitrogen and oxygen atoms in total. The summed E-state index contributed by atoms with van der Waals surface area (Å²) in [5, 5.41) is 6.53. The van der Waals surface area contributed by atoms with Crippen molar-refractivity contribution in [3.8, 4) is 11.5 Å². The molecule has 2 heterocycles. The molecule has 0 radical (unpaired) electrons. The van der Waals surface area contributed by atoms with Crippen molar-refractivity contribution >= 4 is 29.0 Å². The number of hydrogen-bond acceptors (Lipinski definition) is 6. The van der Waals surface area contributed by atoms with Gasteiger partial charge in [0.25, 0.3) is 5.91 Å². The molecule has 3 aromatic rings. The largest absolute Gasteiger partial charge is 0.454 e. The fourth-order valence-corrected chi connectivity index (χ4v) is 2.78. The van der Waals surface area contributed by atoms with Crippen molar-refractivity contribution in [1.29, 1.82) is 0 Å².